The molecule has 3 heteroatoms. The molecule has 0 amide bonds. The largest absolute Gasteiger partial charge is 0.452 e. The molecule has 0 aromatic rings. The minimum atomic E-state index is -0.915. The van der Waals surface area contributed by atoms with Crippen LogP contribution in [0.2, 0.25) is 0 Å². The topological polar surface area (TPSA) is 43.4 Å². The lowest BCUT2D eigenvalue weighted by Crippen LogP contribution is -2.32. The van der Waals surface area contributed by atoms with Crippen molar-refractivity contribution in [3.05, 3.63) is 0 Å². The van der Waals surface area contributed by atoms with E-state index in [2.05, 4.69) is 0 Å². The van der Waals surface area contributed by atoms with Crippen molar-refractivity contribution < 1.29 is 14.3 Å². The third kappa shape index (κ3) is 3.51. The van der Waals surface area contributed by atoms with E-state index in [1.807, 2.05) is 6.92 Å². The zero-order chi connectivity index (χ0) is 9.61. The number of rotatable bonds is 5. The van der Waals surface area contributed by atoms with Gasteiger partial charge in [-0.25, -0.2) is 0 Å². The first-order valence-electron chi connectivity index (χ1n) is 4.26. The van der Waals surface area contributed by atoms with Gasteiger partial charge in [0.1, 0.15) is 0 Å². The van der Waals surface area contributed by atoms with Crippen LogP contribution in [-0.4, -0.2) is 17.9 Å². The number of ether oxygens (including phenoxy) is 1. The zero-order valence-corrected chi connectivity index (χ0v) is 7.92. The summed E-state index contributed by atoms with van der Waals surface area (Å²) in [6.45, 7) is 5.29. The fourth-order valence-corrected chi connectivity index (χ4v) is 0.963. The summed E-state index contributed by atoms with van der Waals surface area (Å²) >= 11 is 0. The molecule has 0 aliphatic carbocycles. The Morgan fingerprint density at radius 3 is 2.42 bits per heavy atom. The first-order chi connectivity index (χ1) is 5.58. The van der Waals surface area contributed by atoms with Gasteiger partial charge in [0.2, 0.25) is 0 Å². The van der Waals surface area contributed by atoms with Crippen LogP contribution >= 0.6 is 0 Å². The molecule has 0 fully saturated rings. The molecule has 12 heavy (non-hydrogen) atoms. The van der Waals surface area contributed by atoms with Gasteiger partial charge in [0.25, 0.3) is 0 Å². The number of aldehydes is 1. The molecule has 0 aliphatic rings. The summed E-state index contributed by atoms with van der Waals surface area (Å²) in [7, 11) is 0. The Hall–Kier alpha value is -0.860. The second-order valence-corrected chi connectivity index (χ2v) is 3.01. The summed E-state index contributed by atoms with van der Waals surface area (Å²) in [4.78, 5) is 21.5. The second-order valence-electron chi connectivity index (χ2n) is 3.01. The molecule has 0 radical (unpaired) electrons. The minimum absolute atomic E-state index is 0.313. The van der Waals surface area contributed by atoms with E-state index in [1.54, 1.807) is 13.8 Å². The Balaban J connectivity index is 4.12. The van der Waals surface area contributed by atoms with Gasteiger partial charge in [0, 0.05) is 6.42 Å². The van der Waals surface area contributed by atoms with Crippen molar-refractivity contribution in [2.75, 3.05) is 0 Å². The van der Waals surface area contributed by atoms with Gasteiger partial charge in [0.05, 0.1) is 0 Å². The average molecular weight is 172 g/mol. The summed E-state index contributed by atoms with van der Waals surface area (Å²) in [5.41, 5.74) is -0.915. The Kier molecular flexibility index (Phi) is 4.55. The highest BCUT2D eigenvalue weighted by atomic mass is 16.6. The maximum absolute atomic E-state index is 10.9. The highest BCUT2D eigenvalue weighted by Gasteiger charge is 2.26. The van der Waals surface area contributed by atoms with E-state index in [0.717, 1.165) is 6.42 Å². The molecular formula is C9H16O3. The molecule has 1 atom stereocenters. The van der Waals surface area contributed by atoms with Gasteiger partial charge in [-0.1, -0.05) is 20.3 Å². The SMILES string of the molecule is CCCC(C)(C=O)OC(=O)CC. The molecule has 1 unspecified atom stereocenters. The fourth-order valence-electron chi connectivity index (χ4n) is 0.963. The van der Waals surface area contributed by atoms with Crippen LogP contribution in [0.5, 0.6) is 0 Å². The van der Waals surface area contributed by atoms with Gasteiger partial charge in [0.15, 0.2) is 11.9 Å². The predicted octanol–water partition coefficient (Wildman–Crippen LogP) is 1.70. The van der Waals surface area contributed by atoms with Crippen molar-refractivity contribution in [1.82, 2.24) is 0 Å². The third-order valence-electron chi connectivity index (χ3n) is 1.63. The smallest absolute Gasteiger partial charge is 0.306 e. The molecule has 0 bridgehead atoms. The van der Waals surface area contributed by atoms with E-state index in [-0.39, 0.29) is 5.97 Å². The van der Waals surface area contributed by atoms with Crippen molar-refractivity contribution in [1.29, 1.82) is 0 Å². The lowest BCUT2D eigenvalue weighted by atomic mass is 10.0. The quantitative estimate of drug-likeness (QED) is 0.468. The number of hydrogen-bond acceptors (Lipinski definition) is 3. The molecule has 3 nitrogen and oxygen atoms in total. The molecule has 0 heterocycles. The van der Waals surface area contributed by atoms with Crippen LogP contribution in [0.3, 0.4) is 0 Å². The number of esters is 1. The highest BCUT2D eigenvalue weighted by molar-refractivity contribution is 5.74. The number of carbonyl (C=O) groups excluding carboxylic acids is 2. The molecular weight excluding hydrogens is 156 g/mol. The highest BCUT2D eigenvalue weighted by Crippen LogP contribution is 2.15. The van der Waals surface area contributed by atoms with Gasteiger partial charge in [-0.2, -0.15) is 0 Å². The average Bonchev–Trinajstić information content (AvgIpc) is 2.05. The van der Waals surface area contributed by atoms with Crippen LogP contribution < -0.4 is 0 Å². The monoisotopic (exact) mass is 172 g/mol. The van der Waals surface area contributed by atoms with E-state index in [9.17, 15) is 9.59 Å². The maximum atomic E-state index is 10.9. The lowest BCUT2D eigenvalue weighted by Gasteiger charge is -2.22. The van der Waals surface area contributed by atoms with Crippen LogP contribution in [0, 0.1) is 0 Å². The first kappa shape index (κ1) is 11.1. The van der Waals surface area contributed by atoms with Crippen molar-refractivity contribution in [2.45, 2.75) is 45.6 Å². The Labute approximate surface area is 73.1 Å². The molecule has 0 N–H and O–H groups in total. The normalized spacial score (nSPS) is 14.9. The van der Waals surface area contributed by atoms with Crippen molar-refractivity contribution in [2.24, 2.45) is 0 Å². The summed E-state index contributed by atoms with van der Waals surface area (Å²) in [6.07, 6.45) is 2.42. The van der Waals surface area contributed by atoms with Crippen LogP contribution in [0.15, 0.2) is 0 Å². The summed E-state index contributed by atoms with van der Waals surface area (Å²) in [5, 5.41) is 0. The van der Waals surface area contributed by atoms with Crippen molar-refractivity contribution in [3.8, 4) is 0 Å². The first-order valence-corrected chi connectivity index (χ1v) is 4.26. The van der Waals surface area contributed by atoms with Crippen LogP contribution in [0.25, 0.3) is 0 Å². The van der Waals surface area contributed by atoms with Gasteiger partial charge < -0.3 is 4.74 Å². The Bertz CT molecular complexity index is 165. The second kappa shape index (κ2) is 4.91. The van der Waals surface area contributed by atoms with E-state index >= 15 is 0 Å². The molecule has 0 saturated heterocycles. The Morgan fingerprint density at radius 2 is 2.08 bits per heavy atom. The minimum Gasteiger partial charge on any atom is -0.452 e. The predicted molar refractivity (Wildman–Crippen MR) is 45.8 cm³/mol. The van der Waals surface area contributed by atoms with Crippen molar-refractivity contribution >= 4 is 12.3 Å². The molecule has 0 aromatic carbocycles. The summed E-state index contributed by atoms with van der Waals surface area (Å²) in [5.74, 6) is -0.321. The van der Waals surface area contributed by atoms with E-state index < -0.39 is 5.60 Å². The van der Waals surface area contributed by atoms with Gasteiger partial charge in [-0.15, -0.1) is 0 Å². The standard InChI is InChI=1S/C9H16O3/c1-4-6-9(3,7-10)12-8(11)5-2/h7H,4-6H2,1-3H3. The van der Waals surface area contributed by atoms with Crippen LogP contribution in [0.4, 0.5) is 0 Å². The maximum Gasteiger partial charge on any atom is 0.306 e. The van der Waals surface area contributed by atoms with Crippen molar-refractivity contribution in [3.63, 3.8) is 0 Å². The molecule has 0 aromatic heterocycles. The molecule has 70 valence electrons. The molecule has 0 rings (SSSR count). The third-order valence-corrected chi connectivity index (χ3v) is 1.63. The van der Waals surface area contributed by atoms with Gasteiger partial charge in [-0.05, 0) is 13.3 Å². The van der Waals surface area contributed by atoms with E-state index in [1.165, 1.54) is 0 Å². The molecule has 0 aliphatic heterocycles. The Morgan fingerprint density at radius 1 is 1.50 bits per heavy atom. The molecule has 0 spiro atoms. The summed E-state index contributed by atoms with van der Waals surface area (Å²) in [6, 6.07) is 0. The molecule has 0 saturated carbocycles. The van der Waals surface area contributed by atoms with E-state index in [4.69, 9.17) is 4.74 Å². The fraction of sp³-hybridized carbons (Fsp3) is 0.778. The summed E-state index contributed by atoms with van der Waals surface area (Å²) < 4.78 is 4.97. The number of carbonyl (C=O) groups is 2. The van der Waals surface area contributed by atoms with E-state index in [0.29, 0.717) is 19.1 Å². The lowest BCUT2D eigenvalue weighted by molar-refractivity contribution is -0.161. The van der Waals surface area contributed by atoms with Gasteiger partial charge in [-0.3, -0.25) is 9.59 Å². The number of hydrogen-bond donors (Lipinski definition) is 0. The van der Waals surface area contributed by atoms with Crippen LogP contribution in [0.1, 0.15) is 40.0 Å². The van der Waals surface area contributed by atoms with Gasteiger partial charge >= 0.3 is 5.97 Å². The zero-order valence-electron chi connectivity index (χ0n) is 7.92. The van der Waals surface area contributed by atoms with Crippen LogP contribution in [-0.2, 0) is 14.3 Å².